The number of hydrogen-bond acceptors (Lipinski definition) is 2. The maximum absolute atomic E-state index is 12.6. The number of hydrogen-bond donors (Lipinski definition) is 0. The van der Waals surface area contributed by atoms with Crippen LogP contribution in [0.5, 0.6) is 0 Å². The van der Waals surface area contributed by atoms with Gasteiger partial charge in [-0.25, -0.2) is 0 Å². The average Bonchev–Trinajstić information content (AvgIpc) is 2.47. The first-order chi connectivity index (χ1) is 9.69. The summed E-state index contributed by atoms with van der Waals surface area (Å²) in [6.07, 6.45) is 10.4. The fourth-order valence-corrected chi connectivity index (χ4v) is 2.79. The highest BCUT2D eigenvalue weighted by molar-refractivity contribution is 6.04. The van der Waals surface area contributed by atoms with Crippen molar-refractivity contribution in [3.63, 3.8) is 0 Å². The summed E-state index contributed by atoms with van der Waals surface area (Å²) in [5.41, 5.74) is 4.50. The molecule has 2 nitrogen and oxygen atoms in total. The molecule has 0 unspecified atom stereocenters. The highest BCUT2D eigenvalue weighted by atomic mass is 16.1. The van der Waals surface area contributed by atoms with Crippen molar-refractivity contribution in [2.24, 2.45) is 0 Å². The van der Waals surface area contributed by atoms with Crippen molar-refractivity contribution in [2.45, 2.75) is 33.1 Å². The highest BCUT2D eigenvalue weighted by Crippen LogP contribution is 2.29. The molecule has 1 aromatic carbocycles. The number of carbonyl (C=O) groups excluding carboxylic acids is 1. The maximum atomic E-state index is 12.6. The first-order valence-electron chi connectivity index (χ1n) is 7.39. The van der Waals surface area contributed by atoms with Crippen molar-refractivity contribution in [2.75, 3.05) is 18.5 Å². The molecule has 1 aliphatic rings. The van der Waals surface area contributed by atoms with Gasteiger partial charge in [-0.1, -0.05) is 44.2 Å². The monoisotopic (exact) mass is 269 g/mol. The molecule has 0 saturated heterocycles. The molecule has 0 spiro atoms. The fourth-order valence-electron chi connectivity index (χ4n) is 2.79. The molecule has 0 N–H and O–H groups in total. The number of nitrogens with zero attached hydrogens (tertiary/aromatic N) is 1. The second kappa shape index (κ2) is 6.56. The van der Waals surface area contributed by atoms with Gasteiger partial charge in [-0.3, -0.25) is 4.79 Å². The Bertz CT molecular complexity index is 555. The Morgan fingerprint density at radius 1 is 1.10 bits per heavy atom. The number of benzene rings is 1. The first kappa shape index (κ1) is 14.6. The van der Waals surface area contributed by atoms with Crippen LogP contribution in [-0.2, 0) is 12.8 Å². The zero-order valence-electron chi connectivity index (χ0n) is 12.6. The predicted octanol–water partition coefficient (Wildman–Crippen LogP) is 3.95. The van der Waals surface area contributed by atoms with Gasteiger partial charge in [0.05, 0.1) is 0 Å². The van der Waals surface area contributed by atoms with Crippen LogP contribution in [0.4, 0.5) is 5.69 Å². The lowest BCUT2D eigenvalue weighted by molar-refractivity contribution is 0.0995. The molecule has 1 heterocycles. The summed E-state index contributed by atoms with van der Waals surface area (Å²) in [6.45, 7) is 5.10. The Balaban J connectivity index is 2.62. The van der Waals surface area contributed by atoms with Crippen molar-refractivity contribution >= 4 is 11.5 Å². The fraction of sp³-hybridized carbons (Fsp3) is 0.389. The molecule has 2 heteroatoms. The van der Waals surface area contributed by atoms with E-state index in [0.717, 1.165) is 30.6 Å². The first-order valence-corrected chi connectivity index (χ1v) is 7.39. The molecule has 0 aliphatic carbocycles. The summed E-state index contributed by atoms with van der Waals surface area (Å²) >= 11 is 0. The summed E-state index contributed by atoms with van der Waals surface area (Å²) in [5.74, 6) is 0.227. The van der Waals surface area contributed by atoms with Gasteiger partial charge in [0, 0.05) is 31.3 Å². The van der Waals surface area contributed by atoms with Crippen molar-refractivity contribution in [3.05, 3.63) is 53.1 Å². The van der Waals surface area contributed by atoms with Gasteiger partial charge in [0.1, 0.15) is 0 Å². The second-order valence-corrected chi connectivity index (χ2v) is 5.17. The summed E-state index contributed by atoms with van der Waals surface area (Å²) in [5, 5.41) is 0. The third kappa shape index (κ3) is 2.84. The van der Waals surface area contributed by atoms with Gasteiger partial charge in [0.25, 0.3) is 0 Å². The number of aryl methyl sites for hydroxylation is 1. The molecule has 0 atom stereocenters. The molecule has 1 aromatic rings. The van der Waals surface area contributed by atoms with E-state index in [9.17, 15) is 4.79 Å². The normalized spacial score (nSPS) is 18.6. The minimum Gasteiger partial charge on any atom is -0.370 e. The average molecular weight is 269 g/mol. The van der Waals surface area contributed by atoms with Gasteiger partial charge >= 0.3 is 0 Å². The molecule has 106 valence electrons. The third-order valence-electron chi connectivity index (χ3n) is 3.88. The van der Waals surface area contributed by atoms with E-state index in [4.69, 9.17) is 0 Å². The van der Waals surface area contributed by atoms with Crippen LogP contribution in [0.15, 0.2) is 36.4 Å². The van der Waals surface area contributed by atoms with Crippen LogP contribution < -0.4 is 4.90 Å². The van der Waals surface area contributed by atoms with E-state index in [1.165, 1.54) is 11.1 Å². The van der Waals surface area contributed by atoms with E-state index in [-0.39, 0.29) is 5.78 Å². The van der Waals surface area contributed by atoms with Crippen LogP contribution in [0.3, 0.4) is 0 Å². The van der Waals surface area contributed by atoms with Gasteiger partial charge in [0.15, 0.2) is 5.78 Å². The van der Waals surface area contributed by atoms with Crippen LogP contribution in [0.2, 0.25) is 0 Å². The van der Waals surface area contributed by atoms with Gasteiger partial charge in [-0.15, -0.1) is 0 Å². The zero-order valence-corrected chi connectivity index (χ0v) is 12.6. The Hall–Kier alpha value is -1.83. The number of Topliss-reactive ketones (excluding diaryl/α,β-unsaturated/α-hetero) is 1. The highest BCUT2D eigenvalue weighted by Gasteiger charge is 2.19. The van der Waals surface area contributed by atoms with Gasteiger partial charge < -0.3 is 4.90 Å². The Kier molecular flexibility index (Phi) is 4.78. The third-order valence-corrected chi connectivity index (χ3v) is 3.88. The molecule has 0 bridgehead atoms. The van der Waals surface area contributed by atoms with E-state index in [0.29, 0.717) is 6.42 Å². The van der Waals surface area contributed by atoms with Gasteiger partial charge in [0.2, 0.25) is 0 Å². The van der Waals surface area contributed by atoms with E-state index in [1.807, 2.05) is 25.3 Å². The number of ketones is 1. The number of fused-ring (bicyclic) bond motifs is 1. The topological polar surface area (TPSA) is 20.3 Å². The minimum absolute atomic E-state index is 0.227. The SMILES string of the molecule is CCc1ccc2c(c1CC)C(=O)C/C=C\C=C/CN2C. The Labute approximate surface area is 121 Å². The van der Waals surface area contributed by atoms with E-state index < -0.39 is 0 Å². The molecule has 1 aliphatic heterocycles. The standard InChI is InChI=1S/C18H23NO/c1-4-14-11-12-16-18(15(14)5-2)17(20)10-8-6-7-9-13-19(16)3/h6-9,11-12H,4-5,10,13H2,1-3H3/b8-6-,9-7-. The summed E-state index contributed by atoms with van der Waals surface area (Å²) in [6, 6.07) is 4.27. The number of allylic oxidation sites excluding steroid dienone is 3. The van der Waals surface area contributed by atoms with E-state index in [2.05, 4.69) is 37.0 Å². The van der Waals surface area contributed by atoms with Gasteiger partial charge in [-0.2, -0.15) is 0 Å². The van der Waals surface area contributed by atoms with Crippen molar-refractivity contribution < 1.29 is 4.79 Å². The zero-order chi connectivity index (χ0) is 14.5. The molecular weight excluding hydrogens is 246 g/mol. The van der Waals surface area contributed by atoms with Crippen LogP contribution >= 0.6 is 0 Å². The quantitative estimate of drug-likeness (QED) is 0.810. The van der Waals surface area contributed by atoms with E-state index >= 15 is 0 Å². The minimum atomic E-state index is 0.227. The lowest BCUT2D eigenvalue weighted by Gasteiger charge is -2.24. The number of carbonyl (C=O) groups is 1. The Morgan fingerprint density at radius 2 is 1.85 bits per heavy atom. The smallest absolute Gasteiger partial charge is 0.168 e. The molecule has 0 fully saturated rings. The Morgan fingerprint density at radius 3 is 2.55 bits per heavy atom. The van der Waals surface area contributed by atoms with Crippen LogP contribution in [0.25, 0.3) is 0 Å². The molecule has 2 rings (SSSR count). The second-order valence-electron chi connectivity index (χ2n) is 5.17. The lowest BCUT2D eigenvalue weighted by atomic mass is 9.91. The number of likely N-dealkylation sites (N-methyl/N-ethyl adjacent to an activating group) is 1. The molecule has 0 aromatic heterocycles. The largest absolute Gasteiger partial charge is 0.370 e. The summed E-state index contributed by atoms with van der Waals surface area (Å²) in [7, 11) is 2.05. The molecule has 20 heavy (non-hydrogen) atoms. The molecule has 0 saturated carbocycles. The van der Waals surface area contributed by atoms with Crippen molar-refractivity contribution in [1.29, 1.82) is 0 Å². The van der Waals surface area contributed by atoms with Crippen LogP contribution in [0.1, 0.15) is 41.8 Å². The van der Waals surface area contributed by atoms with Crippen LogP contribution in [-0.4, -0.2) is 19.4 Å². The van der Waals surface area contributed by atoms with E-state index in [1.54, 1.807) is 0 Å². The van der Waals surface area contributed by atoms with Crippen LogP contribution in [0, 0.1) is 0 Å². The summed E-state index contributed by atoms with van der Waals surface area (Å²) < 4.78 is 0. The lowest BCUT2D eigenvalue weighted by Crippen LogP contribution is -2.21. The predicted molar refractivity (Wildman–Crippen MR) is 85.7 cm³/mol. The molecular formula is C18H23NO. The summed E-state index contributed by atoms with van der Waals surface area (Å²) in [4.78, 5) is 14.8. The van der Waals surface area contributed by atoms with Gasteiger partial charge in [-0.05, 0) is 30.0 Å². The van der Waals surface area contributed by atoms with Crippen molar-refractivity contribution in [1.82, 2.24) is 0 Å². The molecule has 0 amide bonds. The van der Waals surface area contributed by atoms with Crippen molar-refractivity contribution in [3.8, 4) is 0 Å². The number of rotatable bonds is 2. The maximum Gasteiger partial charge on any atom is 0.168 e. The molecule has 0 radical (unpaired) electrons. The number of anilines is 1.